The maximum atomic E-state index is 13.8. The van der Waals surface area contributed by atoms with Crippen LogP contribution < -0.4 is 5.73 Å². The number of primary amides is 1. The number of phenols is 1. The first-order valence-electron chi connectivity index (χ1n) is 10.5. The van der Waals surface area contributed by atoms with E-state index < -0.39 is 75.2 Å². The number of phenolic OH excluding ortho intramolecular Hbond substituents is 1. The van der Waals surface area contributed by atoms with Crippen LogP contribution in [0.3, 0.4) is 0 Å². The second-order valence-electron chi connectivity index (χ2n) is 9.96. The number of aromatic hydroxyl groups is 1. The lowest BCUT2D eigenvalue weighted by molar-refractivity contribution is -0.206. The summed E-state index contributed by atoms with van der Waals surface area (Å²) in [5.74, 6) is -10.9. The number of amides is 1. The van der Waals surface area contributed by atoms with Gasteiger partial charge in [-0.15, -0.1) is 12.4 Å². The fraction of sp³-hybridized carbons (Fsp3) is 0.522. The molecule has 4 rings (SSSR count). The molecule has 0 bridgehead atoms. The minimum absolute atomic E-state index is 0. The number of aliphatic hydroxyl groups is 2. The Balaban J connectivity index is 0.00000324. The number of benzene rings is 1. The molecule has 0 aliphatic heterocycles. The summed E-state index contributed by atoms with van der Waals surface area (Å²) in [6.45, 7) is 2.76. The molecule has 0 saturated heterocycles. The van der Waals surface area contributed by atoms with Gasteiger partial charge >= 0.3 is 0 Å². The summed E-state index contributed by atoms with van der Waals surface area (Å²) in [6.07, 6.45) is -0.264. The van der Waals surface area contributed by atoms with Crippen LogP contribution in [0.5, 0.6) is 5.75 Å². The van der Waals surface area contributed by atoms with E-state index in [2.05, 4.69) is 0 Å². The van der Waals surface area contributed by atoms with Gasteiger partial charge in [0.25, 0.3) is 0 Å². The second-order valence-corrected chi connectivity index (χ2v) is 9.96. The Kier molecular flexibility index (Phi) is 5.86. The van der Waals surface area contributed by atoms with Crippen LogP contribution in [0.15, 0.2) is 18.2 Å². The summed E-state index contributed by atoms with van der Waals surface area (Å²) >= 11 is 0. The number of carbonyl (C=O) groups is 5. The van der Waals surface area contributed by atoms with Gasteiger partial charge in [-0.05, 0) is 39.1 Å². The van der Waals surface area contributed by atoms with E-state index in [0.29, 0.717) is 0 Å². The van der Waals surface area contributed by atoms with Crippen molar-refractivity contribution in [2.45, 2.75) is 37.5 Å². The zero-order valence-electron chi connectivity index (χ0n) is 19.1. The molecule has 2 fully saturated rings. The SMILES string of the molecule is CN(C)[C@@H]1C(=O)C(C(N)=O)C(=O)[C@@]2(O)C(=O)C3C(=O)c4c(O)cccc4[C@@](C)(O)C3C[C@@]12C.Cl. The fourth-order valence-corrected chi connectivity index (χ4v) is 6.43. The molecule has 184 valence electrons. The minimum atomic E-state index is -2.88. The Bertz CT molecular complexity index is 1150. The predicted octanol–water partition coefficient (Wildman–Crippen LogP) is -0.656. The predicted molar refractivity (Wildman–Crippen MR) is 119 cm³/mol. The number of carbonyl (C=O) groups excluding carboxylic acids is 5. The molecule has 0 radical (unpaired) electrons. The highest BCUT2D eigenvalue weighted by Gasteiger charge is 2.76. The summed E-state index contributed by atoms with van der Waals surface area (Å²) in [5, 5.41) is 33.5. The van der Waals surface area contributed by atoms with Gasteiger partial charge in [0.05, 0.1) is 23.1 Å². The largest absolute Gasteiger partial charge is 0.507 e. The zero-order valence-corrected chi connectivity index (χ0v) is 19.9. The molecule has 7 atom stereocenters. The number of likely N-dealkylation sites (N-methyl/N-ethyl adjacent to an activating group) is 1. The van der Waals surface area contributed by atoms with E-state index in [1.54, 1.807) is 0 Å². The lowest BCUT2D eigenvalue weighted by Crippen LogP contribution is -2.79. The number of rotatable bonds is 2. The van der Waals surface area contributed by atoms with E-state index in [1.165, 1.54) is 51.0 Å². The first-order chi connectivity index (χ1) is 15.1. The van der Waals surface area contributed by atoms with E-state index in [-0.39, 0.29) is 30.0 Å². The maximum absolute atomic E-state index is 13.8. The number of ketones is 4. The normalized spacial score (nSPS) is 39.1. The molecule has 11 heteroatoms. The van der Waals surface area contributed by atoms with Crippen molar-refractivity contribution in [1.29, 1.82) is 0 Å². The van der Waals surface area contributed by atoms with Crippen LogP contribution in [0.25, 0.3) is 0 Å². The van der Waals surface area contributed by atoms with Gasteiger partial charge in [0, 0.05) is 11.3 Å². The van der Waals surface area contributed by atoms with Crippen LogP contribution in [0.4, 0.5) is 0 Å². The van der Waals surface area contributed by atoms with E-state index >= 15 is 0 Å². The number of halogens is 1. The lowest BCUT2D eigenvalue weighted by Gasteiger charge is -2.60. The standard InChI is InChI=1S/C23H26N2O8.ClH/c1-21-8-10-13(15(27)12-9(22(10,2)32)6-5-7-11(12)26)18(29)23(21,33)19(30)14(20(24)31)16(28)17(21)25(3)4;/h5-7,10,13-14,17,26,32-33H,8H2,1-4H3,(H2,24,31);1H/t10?,13?,14?,17-,21+,22-,23+;/m1./s1. The molecule has 1 amide bonds. The Hall–Kier alpha value is -2.66. The fourth-order valence-electron chi connectivity index (χ4n) is 6.43. The third-order valence-electron chi connectivity index (χ3n) is 7.93. The van der Waals surface area contributed by atoms with Gasteiger partial charge in [0.2, 0.25) is 5.91 Å². The molecule has 1 aromatic carbocycles. The van der Waals surface area contributed by atoms with Gasteiger partial charge in [-0.3, -0.25) is 28.9 Å². The first kappa shape index (κ1) is 26.0. The summed E-state index contributed by atoms with van der Waals surface area (Å²) in [4.78, 5) is 67.2. The molecule has 2 saturated carbocycles. The Morgan fingerprint density at radius 3 is 2.21 bits per heavy atom. The molecule has 0 aromatic heterocycles. The van der Waals surface area contributed by atoms with Crippen LogP contribution >= 0.6 is 12.4 Å². The second kappa shape index (κ2) is 7.67. The molecule has 0 heterocycles. The lowest BCUT2D eigenvalue weighted by atomic mass is 9.44. The summed E-state index contributed by atoms with van der Waals surface area (Å²) in [7, 11) is 2.99. The molecule has 3 aliphatic rings. The number of nitrogens with two attached hydrogens (primary N) is 1. The third-order valence-corrected chi connectivity index (χ3v) is 7.93. The van der Waals surface area contributed by atoms with Gasteiger partial charge in [-0.1, -0.05) is 19.1 Å². The number of fused-ring (bicyclic) bond motifs is 3. The van der Waals surface area contributed by atoms with Crippen LogP contribution in [-0.2, 0) is 24.8 Å². The average Bonchev–Trinajstić information content (AvgIpc) is 2.69. The Morgan fingerprint density at radius 1 is 1.09 bits per heavy atom. The zero-order chi connectivity index (χ0) is 24.8. The monoisotopic (exact) mass is 494 g/mol. The van der Waals surface area contributed by atoms with Crippen LogP contribution in [0.1, 0.15) is 36.2 Å². The van der Waals surface area contributed by atoms with Crippen molar-refractivity contribution in [1.82, 2.24) is 4.90 Å². The van der Waals surface area contributed by atoms with Crippen molar-refractivity contribution in [2.75, 3.05) is 14.1 Å². The van der Waals surface area contributed by atoms with E-state index in [0.717, 1.165) is 0 Å². The van der Waals surface area contributed by atoms with Crippen molar-refractivity contribution < 1.29 is 39.3 Å². The maximum Gasteiger partial charge on any atom is 0.235 e. The van der Waals surface area contributed by atoms with Crippen LogP contribution in [0, 0.1) is 23.2 Å². The smallest absolute Gasteiger partial charge is 0.235 e. The third kappa shape index (κ3) is 2.82. The molecule has 3 unspecified atom stereocenters. The molecular formula is C23H27ClN2O8. The quantitative estimate of drug-likeness (QED) is 0.389. The molecule has 3 aliphatic carbocycles. The number of Topliss-reactive ketones (excluding diaryl/α,β-unsaturated/α-hetero) is 4. The Morgan fingerprint density at radius 2 is 1.68 bits per heavy atom. The molecule has 10 nitrogen and oxygen atoms in total. The number of hydrogen-bond donors (Lipinski definition) is 4. The van der Waals surface area contributed by atoms with Crippen molar-refractivity contribution in [3.8, 4) is 5.75 Å². The summed E-state index contributed by atoms with van der Waals surface area (Å²) in [5.41, 5.74) is -1.31. The van der Waals surface area contributed by atoms with Crippen molar-refractivity contribution >= 4 is 41.4 Å². The molecule has 1 aromatic rings. The van der Waals surface area contributed by atoms with Crippen molar-refractivity contribution in [3.05, 3.63) is 29.3 Å². The van der Waals surface area contributed by atoms with Crippen molar-refractivity contribution in [2.24, 2.45) is 28.9 Å². The Labute approximate surface area is 201 Å². The van der Waals surface area contributed by atoms with Gasteiger partial charge in [-0.2, -0.15) is 0 Å². The molecule has 34 heavy (non-hydrogen) atoms. The van der Waals surface area contributed by atoms with Gasteiger partial charge in [-0.25, -0.2) is 0 Å². The van der Waals surface area contributed by atoms with E-state index in [1.807, 2.05) is 0 Å². The number of hydrogen-bond acceptors (Lipinski definition) is 9. The van der Waals surface area contributed by atoms with Gasteiger partial charge < -0.3 is 21.1 Å². The highest BCUT2D eigenvalue weighted by atomic mass is 35.5. The summed E-state index contributed by atoms with van der Waals surface area (Å²) in [6, 6.07) is 2.86. The highest BCUT2D eigenvalue weighted by molar-refractivity contribution is 6.33. The van der Waals surface area contributed by atoms with E-state index in [4.69, 9.17) is 5.73 Å². The highest BCUT2D eigenvalue weighted by Crippen LogP contribution is 2.60. The molecule has 5 N–H and O–H groups in total. The van der Waals surface area contributed by atoms with E-state index in [9.17, 15) is 39.3 Å². The summed E-state index contributed by atoms with van der Waals surface area (Å²) < 4.78 is 0. The minimum Gasteiger partial charge on any atom is -0.507 e. The topological polar surface area (TPSA) is 175 Å². The molecule has 0 spiro atoms. The first-order valence-corrected chi connectivity index (χ1v) is 10.5. The van der Waals surface area contributed by atoms with Gasteiger partial charge in [0.1, 0.15) is 5.75 Å². The number of nitrogens with zero attached hydrogens (tertiary/aromatic N) is 1. The van der Waals surface area contributed by atoms with Gasteiger partial charge in [0.15, 0.2) is 34.7 Å². The van der Waals surface area contributed by atoms with Crippen molar-refractivity contribution in [3.63, 3.8) is 0 Å². The van der Waals surface area contributed by atoms with Crippen LogP contribution in [-0.4, -0.2) is 75.0 Å². The molecular weight excluding hydrogens is 468 g/mol. The van der Waals surface area contributed by atoms with Crippen LogP contribution in [0.2, 0.25) is 0 Å². The average molecular weight is 495 g/mol.